The van der Waals surface area contributed by atoms with Crippen molar-refractivity contribution in [2.45, 2.75) is 33.0 Å². The molecule has 134 valence electrons. The third kappa shape index (κ3) is 5.72. The van der Waals surface area contributed by atoms with Gasteiger partial charge in [0.25, 0.3) is 5.91 Å². The van der Waals surface area contributed by atoms with Gasteiger partial charge in [-0.25, -0.2) is 4.79 Å². The number of benzene rings is 1. The molecule has 2 N–H and O–H groups in total. The zero-order chi connectivity index (χ0) is 19.1. The predicted octanol–water partition coefficient (Wildman–Crippen LogP) is 0.776. The van der Waals surface area contributed by atoms with Crippen molar-refractivity contribution in [2.75, 3.05) is 5.32 Å². The van der Waals surface area contributed by atoms with E-state index in [1.807, 2.05) is 0 Å². The fourth-order valence-electron chi connectivity index (χ4n) is 1.96. The minimum absolute atomic E-state index is 0.101. The molecular formula is C16H17NO8. The van der Waals surface area contributed by atoms with E-state index in [4.69, 9.17) is 9.84 Å². The maximum Gasteiger partial charge on any atom is 0.349 e. The van der Waals surface area contributed by atoms with Crippen LogP contribution in [-0.4, -0.2) is 46.9 Å². The third-order valence-corrected chi connectivity index (χ3v) is 2.93. The Morgan fingerprint density at radius 2 is 1.44 bits per heavy atom. The molecule has 2 unspecified atom stereocenters. The lowest BCUT2D eigenvalue weighted by Gasteiger charge is -2.22. The molecule has 0 aromatic heterocycles. The number of hydrogen-bond donors (Lipinski definition) is 2. The van der Waals surface area contributed by atoms with E-state index in [2.05, 4.69) is 10.1 Å². The average molecular weight is 351 g/mol. The molecule has 0 aliphatic heterocycles. The lowest BCUT2D eigenvalue weighted by molar-refractivity contribution is -0.179. The van der Waals surface area contributed by atoms with E-state index >= 15 is 0 Å². The molecule has 1 rings (SSSR count). The number of carbonyl (C=O) groups excluding carboxylic acids is 4. The smallest absolute Gasteiger partial charge is 0.349 e. The first-order chi connectivity index (χ1) is 11.6. The molecule has 1 amide bonds. The molecule has 9 nitrogen and oxygen atoms in total. The van der Waals surface area contributed by atoms with Crippen molar-refractivity contribution >= 4 is 35.3 Å². The van der Waals surface area contributed by atoms with E-state index in [0.717, 1.165) is 13.8 Å². The monoisotopic (exact) mass is 351 g/mol. The Morgan fingerprint density at radius 3 is 1.92 bits per heavy atom. The van der Waals surface area contributed by atoms with Crippen molar-refractivity contribution in [1.29, 1.82) is 0 Å². The van der Waals surface area contributed by atoms with Crippen molar-refractivity contribution in [2.24, 2.45) is 0 Å². The van der Waals surface area contributed by atoms with Crippen LogP contribution in [0.25, 0.3) is 0 Å². The van der Waals surface area contributed by atoms with E-state index in [-0.39, 0.29) is 17.0 Å². The highest BCUT2D eigenvalue weighted by Gasteiger charge is 2.39. The Morgan fingerprint density at radius 1 is 0.920 bits per heavy atom. The van der Waals surface area contributed by atoms with Gasteiger partial charge in [-0.2, -0.15) is 0 Å². The van der Waals surface area contributed by atoms with Crippen LogP contribution in [0.4, 0.5) is 5.69 Å². The summed E-state index contributed by atoms with van der Waals surface area (Å²) in [4.78, 5) is 57.5. The first kappa shape index (κ1) is 19.8. The summed E-state index contributed by atoms with van der Waals surface area (Å²) >= 11 is 0. The number of esters is 2. The standard InChI is InChI=1S/C16H17NO8/c1-8(18)11-6-4-5-7-12(11)17-15(21)13(24-9(2)19)14(16(22)23)25-10(3)20/h4-7,13-14H,1-3H3,(H,17,21)(H,22,23). The molecule has 2 atom stereocenters. The van der Waals surface area contributed by atoms with Gasteiger partial charge >= 0.3 is 17.9 Å². The van der Waals surface area contributed by atoms with Crippen molar-refractivity contribution in [1.82, 2.24) is 0 Å². The quantitative estimate of drug-likeness (QED) is 0.543. The molecule has 9 heteroatoms. The number of hydrogen-bond acceptors (Lipinski definition) is 7. The molecule has 1 aromatic carbocycles. The molecule has 0 spiro atoms. The Hall–Kier alpha value is -3.23. The van der Waals surface area contributed by atoms with Crippen LogP contribution in [0.15, 0.2) is 24.3 Å². The molecule has 0 fully saturated rings. The summed E-state index contributed by atoms with van der Waals surface area (Å²) in [6.07, 6.45) is -3.97. The topological polar surface area (TPSA) is 136 Å². The molecular weight excluding hydrogens is 334 g/mol. The molecule has 0 bridgehead atoms. The van der Waals surface area contributed by atoms with Crippen LogP contribution in [0.2, 0.25) is 0 Å². The van der Waals surface area contributed by atoms with E-state index < -0.39 is 36.0 Å². The largest absolute Gasteiger partial charge is 0.478 e. The molecule has 0 aliphatic carbocycles. The van der Waals surface area contributed by atoms with Crippen LogP contribution >= 0.6 is 0 Å². The van der Waals surface area contributed by atoms with Gasteiger partial charge in [0.15, 0.2) is 5.78 Å². The number of carboxylic acid groups (broad SMARTS) is 1. The summed E-state index contributed by atoms with van der Waals surface area (Å²) in [5.74, 6) is -4.98. The molecule has 0 saturated heterocycles. The minimum Gasteiger partial charge on any atom is -0.478 e. The van der Waals surface area contributed by atoms with Crippen molar-refractivity contribution in [3.05, 3.63) is 29.8 Å². The van der Waals surface area contributed by atoms with Crippen LogP contribution < -0.4 is 5.32 Å². The molecule has 0 aliphatic rings. The number of rotatable bonds is 7. The Balaban J connectivity index is 3.16. The molecule has 0 heterocycles. The molecule has 1 aromatic rings. The molecule has 25 heavy (non-hydrogen) atoms. The maximum absolute atomic E-state index is 12.4. The number of ketones is 1. The second-order valence-corrected chi connectivity index (χ2v) is 4.99. The second-order valence-electron chi connectivity index (χ2n) is 4.99. The number of para-hydroxylation sites is 1. The summed E-state index contributed by atoms with van der Waals surface area (Å²) < 4.78 is 9.28. The third-order valence-electron chi connectivity index (χ3n) is 2.93. The van der Waals surface area contributed by atoms with Crippen LogP contribution in [0.5, 0.6) is 0 Å². The van der Waals surface area contributed by atoms with Crippen molar-refractivity contribution < 1.29 is 38.6 Å². The number of carboxylic acids is 1. The van der Waals surface area contributed by atoms with E-state index in [9.17, 15) is 24.0 Å². The van der Waals surface area contributed by atoms with E-state index in [1.165, 1.54) is 19.1 Å². The summed E-state index contributed by atoms with van der Waals surface area (Å²) in [6, 6.07) is 6.00. The predicted molar refractivity (Wildman–Crippen MR) is 83.8 cm³/mol. The van der Waals surface area contributed by atoms with Gasteiger partial charge in [0, 0.05) is 19.4 Å². The Bertz CT molecular complexity index is 712. The second kappa shape index (κ2) is 8.57. The SMILES string of the molecule is CC(=O)OC(C(=O)O)C(OC(C)=O)C(=O)Nc1ccccc1C(C)=O. The molecule has 0 saturated carbocycles. The van der Waals surface area contributed by atoms with Crippen LogP contribution in [0.1, 0.15) is 31.1 Å². The fourth-order valence-corrected chi connectivity index (χ4v) is 1.96. The summed E-state index contributed by atoms with van der Waals surface area (Å²) in [6.45, 7) is 3.20. The zero-order valence-corrected chi connectivity index (χ0v) is 13.8. The highest BCUT2D eigenvalue weighted by atomic mass is 16.6. The first-order valence-corrected chi connectivity index (χ1v) is 7.11. The normalized spacial score (nSPS) is 12.4. The summed E-state index contributed by atoms with van der Waals surface area (Å²) in [5.41, 5.74) is 0.279. The van der Waals surface area contributed by atoms with Crippen LogP contribution in [0, 0.1) is 0 Å². The number of anilines is 1. The zero-order valence-electron chi connectivity index (χ0n) is 13.8. The van der Waals surface area contributed by atoms with Gasteiger partial charge in [-0.15, -0.1) is 0 Å². The number of carbonyl (C=O) groups is 5. The lowest BCUT2D eigenvalue weighted by atomic mass is 10.1. The highest BCUT2D eigenvalue weighted by molar-refractivity contribution is 6.06. The number of amides is 1. The number of ether oxygens (including phenoxy) is 2. The van der Waals surface area contributed by atoms with Gasteiger partial charge in [-0.1, -0.05) is 12.1 Å². The highest BCUT2D eigenvalue weighted by Crippen LogP contribution is 2.17. The van der Waals surface area contributed by atoms with Gasteiger partial charge in [0.05, 0.1) is 5.69 Å². The number of nitrogens with one attached hydrogen (secondary N) is 1. The number of Topliss-reactive ketones (excluding diaryl/α,β-unsaturated/α-hetero) is 1. The van der Waals surface area contributed by atoms with Gasteiger partial charge in [0.2, 0.25) is 12.2 Å². The maximum atomic E-state index is 12.4. The lowest BCUT2D eigenvalue weighted by Crippen LogP contribution is -2.47. The summed E-state index contributed by atoms with van der Waals surface area (Å²) in [5, 5.41) is 11.5. The minimum atomic E-state index is -2.04. The fraction of sp³-hybridized carbons (Fsp3) is 0.312. The van der Waals surface area contributed by atoms with Gasteiger partial charge in [-0.3, -0.25) is 19.2 Å². The van der Waals surface area contributed by atoms with E-state index in [1.54, 1.807) is 12.1 Å². The van der Waals surface area contributed by atoms with Gasteiger partial charge < -0.3 is 19.9 Å². The van der Waals surface area contributed by atoms with Gasteiger partial charge in [0.1, 0.15) is 0 Å². The van der Waals surface area contributed by atoms with Crippen molar-refractivity contribution in [3.63, 3.8) is 0 Å². The summed E-state index contributed by atoms with van der Waals surface area (Å²) in [7, 11) is 0. The number of aliphatic carboxylic acids is 1. The Labute approximate surface area is 142 Å². The van der Waals surface area contributed by atoms with Crippen LogP contribution in [0.3, 0.4) is 0 Å². The first-order valence-electron chi connectivity index (χ1n) is 7.11. The Kier molecular flexibility index (Phi) is 6.80. The van der Waals surface area contributed by atoms with Crippen molar-refractivity contribution in [3.8, 4) is 0 Å². The van der Waals surface area contributed by atoms with Gasteiger partial charge in [-0.05, 0) is 19.1 Å². The average Bonchev–Trinajstić information content (AvgIpc) is 2.50. The van der Waals surface area contributed by atoms with Crippen LogP contribution in [-0.2, 0) is 28.7 Å². The molecule has 0 radical (unpaired) electrons. The van der Waals surface area contributed by atoms with E-state index in [0.29, 0.717) is 0 Å².